The van der Waals surface area contributed by atoms with Gasteiger partial charge in [-0.05, 0) is 42.4 Å². The number of rotatable bonds is 3. The van der Waals surface area contributed by atoms with Crippen molar-refractivity contribution in [2.24, 2.45) is 11.8 Å². The molecule has 0 bridgehead atoms. The van der Waals surface area contributed by atoms with Gasteiger partial charge >= 0.3 is 0 Å². The first-order valence-electron chi connectivity index (χ1n) is 9.79. The summed E-state index contributed by atoms with van der Waals surface area (Å²) in [5.74, 6) is 0.869. The van der Waals surface area contributed by atoms with Gasteiger partial charge in [-0.3, -0.25) is 0 Å². The maximum Gasteiger partial charge on any atom is 0.282 e. The van der Waals surface area contributed by atoms with Gasteiger partial charge in [-0.15, -0.1) is 0 Å². The van der Waals surface area contributed by atoms with Crippen LogP contribution in [0.5, 0.6) is 0 Å². The monoisotopic (exact) mass is 381 g/mol. The van der Waals surface area contributed by atoms with Crippen LogP contribution in [0.2, 0.25) is 0 Å². The average molecular weight is 382 g/mol. The number of fused-ring (bicyclic) bond motifs is 1. The van der Waals surface area contributed by atoms with E-state index in [2.05, 4.69) is 5.32 Å². The molecule has 1 N–H and O–H groups in total. The van der Waals surface area contributed by atoms with Crippen LogP contribution in [0.1, 0.15) is 43.7 Å². The number of halogens is 1. The topological polar surface area (TPSA) is 52.7 Å². The smallest absolute Gasteiger partial charge is 0.282 e. The van der Waals surface area contributed by atoms with Crippen molar-refractivity contribution in [3.63, 3.8) is 0 Å². The normalized spacial score (nSPS) is 31.5. The van der Waals surface area contributed by atoms with Crippen LogP contribution in [0, 0.1) is 17.7 Å². The molecular formula is C19H28FN3O2S. The lowest BCUT2D eigenvalue weighted by atomic mass is 9.76. The van der Waals surface area contributed by atoms with Crippen molar-refractivity contribution in [3.05, 3.63) is 35.6 Å². The molecule has 2 saturated heterocycles. The minimum atomic E-state index is -3.54. The quantitative estimate of drug-likeness (QED) is 0.875. The largest absolute Gasteiger partial charge is 0.313 e. The standard InChI is InChI=1S/C19H28FN3O2S/c20-18-7-3-6-16(12-18)19-13-21-9-11-23(19)26(24,25)22-10-8-15-4-1-2-5-17(15)14-22/h3,6-7,12,15,17,19,21H,1-2,4-5,8-11,13-14H2. The van der Waals surface area contributed by atoms with Crippen LogP contribution in [0.3, 0.4) is 0 Å². The van der Waals surface area contributed by atoms with Crippen LogP contribution in [0.4, 0.5) is 4.39 Å². The van der Waals surface area contributed by atoms with Gasteiger partial charge in [0.15, 0.2) is 0 Å². The van der Waals surface area contributed by atoms with E-state index in [0.29, 0.717) is 50.1 Å². The van der Waals surface area contributed by atoms with Gasteiger partial charge in [-0.2, -0.15) is 17.0 Å². The molecule has 7 heteroatoms. The molecule has 0 amide bonds. The van der Waals surface area contributed by atoms with Crippen LogP contribution in [-0.4, -0.2) is 49.8 Å². The molecule has 5 nitrogen and oxygen atoms in total. The Morgan fingerprint density at radius 2 is 1.88 bits per heavy atom. The van der Waals surface area contributed by atoms with Gasteiger partial charge in [0.05, 0.1) is 6.04 Å². The zero-order valence-corrected chi connectivity index (χ0v) is 15.9. The molecule has 2 heterocycles. The lowest BCUT2D eigenvalue weighted by molar-refractivity contribution is 0.127. The second kappa shape index (κ2) is 7.54. The van der Waals surface area contributed by atoms with Crippen molar-refractivity contribution in [2.45, 2.75) is 38.1 Å². The molecule has 3 atom stereocenters. The molecule has 0 aromatic heterocycles. The van der Waals surface area contributed by atoms with E-state index in [1.165, 1.54) is 31.4 Å². The molecule has 1 saturated carbocycles. The Hall–Kier alpha value is -1.02. The number of nitrogens with one attached hydrogen (secondary N) is 1. The van der Waals surface area contributed by atoms with E-state index < -0.39 is 10.2 Å². The maximum atomic E-state index is 13.7. The third-order valence-electron chi connectivity index (χ3n) is 6.30. The van der Waals surface area contributed by atoms with Crippen LogP contribution >= 0.6 is 0 Å². The number of piperazine rings is 1. The fraction of sp³-hybridized carbons (Fsp3) is 0.684. The number of nitrogens with zero attached hydrogens (tertiary/aromatic N) is 2. The molecule has 0 spiro atoms. The Kier molecular flexibility index (Phi) is 5.32. The molecular weight excluding hydrogens is 353 g/mol. The first-order valence-corrected chi connectivity index (χ1v) is 11.2. The van der Waals surface area contributed by atoms with Crippen molar-refractivity contribution < 1.29 is 12.8 Å². The molecule has 3 aliphatic rings. The van der Waals surface area contributed by atoms with Gasteiger partial charge in [-0.25, -0.2) is 4.39 Å². The fourth-order valence-corrected chi connectivity index (χ4v) is 6.74. The summed E-state index contributed by atoms with van der Waals surface area (Å²) in [7, 11) is -3.54. The van der Waals surface area contributed by atoms with Crippen LogP contribution in [-0.2, 0) is 10.2 Å². The molecule has 144 valence electrons. The molecule has 2 aliphatic heterocycles. The Morgan fingerprint density at radius 1 is 1.08 bits per heavy atom. The highest BCUT2D eigenvalue weighted by Crippen LogP contribution is 2.38. The number of hydrogen-bond acceptors (Lipinski definition) is 3. The van der Waals surface area contributed by atoms with Gasteiger partial charge in [0.2, 0.25) is 0 Å². The van der Waals surface area contributed by atoms with Crippen molar-refractivity contribution >= 4 is 10.2 Å². The molecule has 0 radical (unpaired) electrons. The van der Waals surface area contributed by atoms with Gasteiger partial charge in [-0.1, -0.05) is 31.4 Å². The summed E-state index contributed by atoms with van der Waals surface area (Å²) in [6, 6.07) is 5.96. The van der Waals surface area contributed by atoms with E-state index in [1.54, 1.807) is 14.7 Å². The van der Waals surface area contributed by atoms with E-state index in [1.807, 2.05) is 6.07 Å². The Morgan fingerprint density at radius 3 is 2.69 bits per heavy atom. The average Bonchev–Trinajstić information content (AvgIpc) is 2.67. The Balaban J connectivity index is 1.57. The number of benzene rings is 1. The molecule has 3 unspecified atom stereocenters. The van der Waals surface area contributed by atoms with Gasteiger partial charge < -0.3 is 5.32 Å². The third kappa shape index (κ3) is 3.54. The van der Waals surface area contributed by atoms with Crippen molar-refractivity contribution in [1.82, 2.24) is 13.9 Å². The molecule has 1 aliphatic carbocycles. The van der Waals surface area contributed by atoms with E-state index >= 15 is 0 Å². The van der Waals surface area contributed by atoms with Crippen LogP contribution in [0.25, 0.3) is 0 Å². The second-order valence-electron chi connectivity index (χ2n) is 7.84. The van der Waals surface area contributed by atoms with Crippen molar-refractivity contribution in [1.29, 1.82) is 0 Å². The minimum Gasteiger partial charge on any atom is -0.313 e. The highest BCUT2D eigenvalue weighted by molar-refractivity contribution is 7.86. The molecule has 3 fully saturated rings. The predicted molar refractivity (Wildman–Crippen MR) is 99.3 cm³/mol. The van der Waals surface area contributed by atoms with Crippen LogP contribution < -0.4 is 5.32 Å². The summed E-state index contributed by atoms with van der Waals surface area (Å²) < 4.78 is 43.8. The lowest BCUT2D eigenvalue weighted by Crippen LogP contribution is -2.56. The minimum absolute atomic E-state index is 0.326. The van der Waals surface area contributed by atoms with E-state index in [9.17, 15) is 12.8 Å². The van der Waals surface area contributed by atoms with E-state index in [0.717, 1.165) is 12.8 Å². The fourth-order valence-electron chi connectivity index (χ4n) is 4.89. The predicted octanol–water partition coefficient (Wildman–Crippen LogP) is 2.53. The van der Waals surface area contributed by atoms with E-state index in [-0.39, 0.29) is 11.9 Å². The summed E-state index contributed by atoms with van der Waals surface area (Å²) in [6.45, 7) is 2.83. The van der Waals surface area contributed by atoms with Gasteiger partial charge in [0.1, 0.15) is 5.82 Å². The summed E-state index contributed by atoms with van der Waals surface area (Å²) >= 11 is 0. The summed E-state index contributed by atoms with van der Waals surface area (Å²) in [5.41, 5.74) is 0.716. The zero-order valence-electron chi connectivity index (χ0n) is 15.1. The van der Waals surface area contributed by atoms with Crippen molar-refractivity contribution in [3.8, 4) is 0 Å². The SMILES string of the molecule is O=S(=O)(N1CCC2CCCCC2C1)N1CCNCC1c1cccc(F)c1. The molecule has 1 aromatic rings. The second-order valence-corrected chi connectivity index (χ2v) is 9.73. The zero-order chi connectivity index (χ0) is 18.1. The van der Waals surface area contributed by atoms with Gasteiger partial charge in [0.25, 0.3) is 10.2 Å². The highest BCUT2D eigenvalue weighted by Gasteiger charge is 2.41. The third-order valence-corrected chi connectivity index (χ3v) is 8.32. The van der Waals surface area contributed by atoms with E-state index in [4.69, 9.17) is 0 Å². The summed E-state index contributed by atoms with van der Waals surface area (Å²) in [5, 5.41) is 3.26. The number of piperidine rings is 1. The maximum absolute atomic E-state index is 13.7. The Bertz CT molecular complexity index is 742. The molecule has 26 heavy (non-hydrogen) atoms. The molecule has 1 aromatic carbocycles. The lowest BCUT2D eigenvalue weighted by Gasteiger charge is -2.44. The van der Waals surface area contributed by atoms with Gasteiger partial charge in [0, 0.05) is 32.7 Å². The highest BCUT2D eigenvalue weighted by atomic mass is 32.2. The summed E-state index contributed by atoms with van der Waals surface area (Å²) in [4.78, 5) is 0. The first kappa shape index (κ1) is 18.3. The first-order chi connectivity index (χ1) is 12.6. The van der Waals surface area contributed by atoms with Crippen molar-refractivity contribution in [2.75, 3.05) is 32.7 Å². The molecule has 4 rings (SSSR count). The summed E-state index contributed by atoms with van der Waals surface area (Å²) in [6.07, 6.45) is 5.87. The number of hydrogen-bond donors (Lipinski definition) is 1. The van der Waals surface area contributed by atoms with Crippen LogP contribution in [0.15, 0.2) is 24.3 Å². The Labute approximate surface area is 155 Å².